The van der Waals surface area contributed by atoms with E-state index in [0.717, 1.165) is 4.47 Å². The number of halogens is 1. The van der Waals surface area contributed by atoms with E-state index < -0.39 is 11.8 Å². The second kappa shape index (κ2) is 9.58. The highest BCUT2D eigenvalue weighted by Crippen LogP contribution is 2.37. The fraction of sp³-hybridized carbons (Fsp3) is 0.167. The number of carbonyl (C=O) groups is 2. The Kier molecular flexibility index (Phi) is 7.18. The van der Waals surface area contributed by atoms with Gasteiger partial charge in [0.05, 0.1) is 27.5 Å². The van der Waals surface area contributed by atoms with E-state index in [1.165, 1.54) is 27.5 Å². The van der Waals surface area contributed by atoms with E-state index in [9.17, 15) is 9.59 Å². The van der Waals surface area contributed by atoms with Gasteiger partial charge in [-0.15, -0.1) is 0 Å². The number of hydrogen-bond acceptors (Lipinski definition) is 6. The Hall–Kier alpha value is -3.07. The molecule has 0 aliphatic rings. The maximum atomic E-state index is 11.9. The lowest BCUT2D eigenvalue weighted by atomic mass is 10.2. The Morgan fingerprint density at radius 1 is 0.963 bits per heavy atom. The minimum absolute atomic E-state index is 0.440. The zero-order valence-electron chi connectivity index (χ0n) is 14.9. The first-order valence-corrected chi connectivity index (χ1v) is 8.47. The van der Waals surface area contributed by atoms with Crippen molar-refractivity contribution in [3.05, 3.63) is 46.4 Å². The van der Waals surface area contributed by atoms with Gasteiger partial charge in [0.15, 0.2) is 11.5 Å². The molecule has 0 radical (unpaired) electrons. The molecule has 8 nitrogen and oxygen atoms in total. The first kappa shape index (κ1) is 20.2. The van der Waals surface area contributed by atoms with Crippen LogP contribution in [0, 0.1) is 0 Å². The summed E-state index contributed by atoms with van der Waals surface area (Å²) in [5.41, 5.74) is 3.24. The van der Waals surface area contributed by atoms with Gasteiger partial charge in [-0.05, 0) is 36.4 Å². The molecule has 2 N–H and O–H groups in total. The highest BCUT2D eigenvalue weighted by molar-refractivity contribution is 9.10. The molecular formula is C18H18BrN3O5. The Labute approximate surface area is 164 Å². The van der Waals surface area contributed by atoms with Crippen molar-refractivity contribution < 1.29 is 23.8 Å². The van der Waals surface area contributed by atoms with Crippen LogP contribution in [0.15, 0.2) is 46.0 Å². The molecule has 0 aliphatic heterocycles. The largest absolute Gasteiger partial charge is 0.493 e. The lowest BCUT2D eigenvalue weighted by Gasteiger charge is -2.12. The van der Waals surface area contributed by atoms with Gasteiger partial charge in [-0.1, -0.05) is 15.9 Å². The van der Waals surface area contributed by atoms with Crippen LogP contribution in [0.3, 0.4) is 0 Å². The number of ether oxygens (including phenoxy) is 3. The van der Waals surface area contributed by atoms with Crippen LogP contribution < -0.4 is 25.0 Å². The molecule has 2 aromatic rings. The molecule has 0 saturated heterocycles. The zero-order chi connectivity index (χ0) is 19.8. The van der Waals surface area contributed by atoms with E-state index in [2.05, 4.69) is 31.8 Å². The van der Waals surface area contributed by atoms with Crippen molar-refractivity contribution in [2.45, 2.75) is 0 Å². The normalized spacial score (nSPS) is 10.4. The van der Waals surface area contributed by atoms with Crippen LogP contribution in [-0.2, 0) is 9.59 Å². The number of benzene rings is 2. The molecule has 0 heterocycles. The van der Waals surface area contributed by atoms with Crippen LogP contribution in [0.4, 0.5) is 5.69 Å². The number of rotatable bonds is 6. The van der Waals surface area contributed by atoms with Crippen LogP contribution in [-0.4, -0.2) is 39.4 Å². The first-order chi connectivity index (χ1) is 13.0. The average Bonchev–Trinajstić information content (AvgIpc) is 2.68. The lowest BCUT2D eigenvalue weighted by Crippen LogP contribution is -2.32. The van der Waals surface area contributed by atoms with Gasteiger partial charge < -0.3 is 19.5 Å². The average molecular weight is 436 g/mol. The first-order valence-electron chi connectivity index (χ1n) is 7.68. The van der Waals surface area contributed by atoms with Gasteiger partial charge in [0.1, 0.15) is 0 Å². The number of anilines is 1. The number of methoxy groups -OCH3 is 3. The third kappa shape index (κ3) is 5.45. The van der Waals surface area contributed by atoms with E-state index >= 15 is 0 Å². The highest BCUT2D eigenvalue weighted by atomic mass is 79.9. The molecule has 0 unspecified atom stereocenters. The smallest absolute Gasteiger partial charge is 0.329 e. The van der Waals surface area contributed by atoms with E-state index in [4.69, 9.17) is 14.2 Å². The van der Waals surface area contributed by atoms with Crippen LogP contribution in [0.5, 0.6) is 17.2 Å². The number of amides is 2. The van der Waals surface area contributed by atoms with Crippen molar-refractivity contribution in [3.8, 4) is 17.2 Å². The second-order valence-electron chi connectivity index (χ2n) is 5.12. The highest BCUT2D eigenvalue weighted by Gasteiger charge is 2.14. The SMILES string of the molecule is COc1cc(C=NNC(=O)C(=O)Nc2ccc(Br)cc2)cc(OC)c1OC. The van der Waals surface area contributed by atoms with Crippen LogP contribution in [0.25, 0.3) is 0 Å². The van der Waals surface area contributed by atoms with E-state index in [1.54, 1.807) is 36.4 Å². The molecule has 0 atom stereocenters. The Morgan fingerprint density at radius 3 is 2.07 bits per heavy atom. The molecule has 0 saturated carbocycles. The van der Waals surface area contributed by atoms with Gasteiger partial charge in [-0.2, -0.15) is 5.10 Å². The molecule has 0 fully saturated rings. The summed E-state index contributed by atoms with van der Waals surface area (Å²) in [5, 5.41) is 6.25. The standard InChI is InChI=1S/C18H18BrN3O5/c1-25-14-8-11(9-15(26-2)16(14)27-3)10-20-22-18(24)17(23)21-13-6-4-12(19)5-7-13/h4-10H,1-3H3,(H,21,23)(H,22,24). The van der Waals surface area contributed by atoms with Crippen LogP contribution in [0.1, 0.15) is 5.56 Å². The summed E-state index contributed by atoms with van der Waals surface area (Å²) in [7, 11) is 4.48. The van der Waals surface area contributed by atoms with Crippen molar-refractivity contribution in [2.24, 2.45) is 5.10 Å². The molecule has 2 rings (SSSR count). The minimum atomic E-state index is -0.901. The molecule has 9 heteroatoms. The third-order valence-corrected chi connectivity index (χ3v) is 3.90. The fourth-order valence-electron chi connectivity index (χ4n) is 2.11. The minimum Gasteiger partial charge on any atom is -0.493 e. The monoisotopic (exact) mass is 435 g/mol. The second-order valence-corrected chi connectivity index (χ2v) is 6.03. The summed E-state index contributed by atoms with van der Waals surface area (Å²) in [4.78, 5) is 23.7. The van der Waals surface area contributed by atoms with Gasteiger partial charge in [0, 0.05) is 15.7 Å². The summed E-state index contributed by atoms with van der Waals surface area (Å²) in [6.07, 6.45) is 1.36. The lowest BCUT2D eigenvalue weighted by molar-refractivity contribution is -0.136. The summed E-state index contributed by atoms with van der Waals surface area (Å²) >= 11 is 3.29. The molecule has 0 spiro atoms. The van der Waals surface area contributed by atoms with Crippen molar-refractivity contribution in [1.82, 2.24) is 5.43 Å². The van der Waals surface area contributed by atoms with E-state index in [1.807, 2.05) is 0 Å². The molecular weight excluding hydrogens is 418 g/mol. The number of nitrogens with one attached hydrogen (secondary N) is 2. The van der Waals surface area contributed by atoms with Gasteiger partial charge in [-0.3, -0.25) is 9.59 Å². The summed E-state index contributed by atoms with van der Waals surface area (Å²) in [6, 6.07) is 10.1. The zero-order valence-corrected chi connectivity index (χ0v) is 16.5. The fourth-order valence-corrected chi connectivity index (χ4v) is 2.38. The van der Waals surface area contributed by atoms with Crippen molar-refractivity contribution >= 4 is 39.6 Å². The maximum absolute atomic E-state index is 11.9. The summed E-state index contributed by atoms with van der Waals surface area (Å²) in [5.74, 6) is -0.411. The van der Waals surface area contributed by atoms with E-state index in [0.29, 0.717) is 28.5 Å². The molecule has 2 aromatic carbocycles. The van der Waals surface area contributed by atoms with Gasteiger partial charge in [0.2, 0.25) is 5.75 Å². The number of carbonyl (C=O) groups excluding carboxylic acids is 2. The molecule has 2 amide bonds. The van der Waals surface area contributed by atoms with Gasteiger partial charge >= 0.3 is 11.8 Å². The van der Waals surface area contributed by atoms with Crippen molar-refractivity contribution in [3.63, 3.8) is 0 Å². The Morgan fingerprint density at radius 2 is 1.56 bits per heavy atom. The summed E-state index contributed by atoms with van der Waals surface area (Å²) in [6.45, 7) is 0. The molecule has 142 valence electrons. The maximum Gasteiger partial charge on any atom is 0.329 e. The predicted octanol–water partition coefficient (Wildman–Crippen LogP) is 2.56. The Bertz CT molecular complexity index is 828. The quantitative estimate of drug-likeness (QED) is 0.412. The van der Waals surface area contributed by atoms with Gasteiger partial charge in [-0.25, -0.2) is 5.43 Å². The van der Waals surface area contributed by atoms with E-state index in [-0.39, 0.29) is 0 Å². The Balaban J connectivity index is 2.02. The molecule has 0 aliphatic carbocycles. The van der Waals surface area contributed by atoms with Gasteiger partial charge in [0.25, 0.3) is 0 Å². The molecule has 27 heavy (non-hydrogen) atoms. The van der Waals surface area contributed by atoms with Crippen LogP contribution >= 0.6 is 15.9 Å². The molecule has 0 aromatic heterocycles. The number of nitrogens with zero attached hydrogens (tertiary/aromatic N) is 1. The van der Waals surface area contributed by atoms with Crippen LogP contribution in [0.2, 0.25) is 0 Å². The summed E-state index contributed by atoms with van der Waals surface area (Å²) < 4.78 is 16.6. The predicted molar refractivity (Wildman–Crippen MR) is 105 cm³/mol. The van der Waals surface area contributed by atoms with Crippen molar-refractivity contribution in [1.29, 1.82) is 0 Å². The topological polar surface area (TPSA) is 98.2 Å². The number of hydrazone groups is 1. The molecule has 0 bridgehead atoms. The number of hydrogen-bond donors (Lipinski definition) is 2. The van der Waals surface area contributed by atoms with Crippen molar-refractivity contribution in [2.75, 3.05) is 26.6 Å². The third-order valence-electron chi connectivity index (χ3n) is 3.38.